The first kappa shape index (κ1) is 17.0. The van der Waals surface area contributed by atoms with Gasteiger partial charge in [0.15, 0.2) is 5.82 Å². The van der Waals surface area contributed by atoms with Gasteiger partial charge in [-0.1, -0.05) is 37.6 Å². The Morgan fingerprint density at radius 2 is 2.00 bits per heavy atom. The second-order valence-corrected chi connectivity index (χ2v) is 4.15. The Morgan fingerprint density at radius 1 is 1.33 bits per heavy atom. The molecule has 0 N–H and O–H groups in total. The molecule has 4 nitrogen and oxygen atoms in total. The van der Waals surface area contributed by atoms with E-state index in [-0.39, 0.29) is 0 Å². The van der Waals surface area contributed by atoms with Crippen molar-refractivity contribution in [1.82, 2.24) is 5.01 Å². The van der Waals surface area contributed by atoms with Crippen LogP contribution in [0.2, 0.25) is 0 Å². The number of hydrazone groups is 1. The predicted octanol–water partition coefficient (Wildman–Crippen LogP) is 4.38. The van der Waals surface area contributed by atoms with Crippen LogP contribution in [0.4, 0.5) is 0 Å². The molecule has 0 fully saturated rings. The molecule has 0 spiro atoms. The van der Waals surface area contributed by atoms with Gasteiger partial charge in [-0.2, -0.15) is 5.10 Å². The van der Waals surface area contributed by atoms with E-state index < -0.39 is 0 Å². The molecule has 2 rings (SSSR count). The quantitative estimate of drug-likeness (QED) is 0.614. The van der Waals surface area contributed by atoms with Crippen LogP contribution in [0, 0.1) is 0 Å². The van der Waals surface area contributed by atoms with Gasteiger partial charge in [-0.15, -0.1) is 0 Å². The monoisotopic (exact) mass is 305 g/mol. The molecular weight excluding hydrogens is 286 g/mol. The smallest absolute Gasteiger partial charge is 0.151 e. The van der Waals surface area contributed by atoms with Crippen LogP contribution in [0.5, 0.6) is 5.75 Å². The highest BCUT2D eigenvalue weighted by atomic mass is 35.5. The first-order valence-corrected chi connectivity index (χ1v) is 7.11. The van der Waals surface area contributed by atoms with E-state index in [1.807, 2.05) is 51.1 Å². The van der Waals surface area contributed by atoms with Crippen LogP contribution in [-0.4, -0.2) is 24.5 Å². The van der Waals surface area contributed by atoms with Gasteiger partial charge in [0.25, 0.3) is 0 Å². The van der Waals surface area contributed by atoms with Crippen molar-refractivity contribution in [1.29, 1.82) is 0 Å². The zero-order valence-electron chi connectivity index (χ0n) is 12.8. The fourth-order valence-electron chi connectivity index (χ4n) is 1.81. The average Bonchev–Trinajstić information content (AvgIpc) is 2.55. The predicted molar refractivity (Wildman–Crippen MR) is 90.0 cm³/mol. The van der Waals surface area contributed by atoms with Gasteiger partial charge in [-0.25, -0.2) is 10.0 Å². The number of para-hydroxylation sites is 1. The Balaban J connectivity index is 0.00000106. The summed E-state index contributed by atoms with van der Waals surface area (Å²) in [6.07, 6.45) is 3.56. The van der Waals surface area contributed by atoms with Crippen LogP contribution in [-0.2, 0) is 0 Å². The first-order valence-electron chi connectivity index (χ1n) is 6.73. The van der Waals surface area contributed by atoms with Crippen molar-refractivity contribution < 1.29 is 4.74 Å². The van der Waals surface area contributed by atoms with E-state index in [0.29, 0.717) is 11.0 Å². The minimum absolute atomic E-state index is 0.444. The number of hydrogen-bond donors (Lipinski definition) is 0. The van der Waals surface area contributed by atoms with Crippen molar-refractivity contribution in [2.24, 2.45) is 10.1 Å². The molecule has 0 bridgehead atoms. The number of halogens is 1. The van der Waals surface area contributed by atoms with E-state index in [1.54, 1.807) is 13.2 Å². The van der Waals surface area contributed by atoms with Gasteiger partial charge in [0, 0.05) is 18.4 Å². The summed E-state index contributed by atoms with van der Waals surface area (Å²) in [6, 6.07) is 7.65. The minimum atomic E-state index is 0.444. The third-order valence-electron chi connectivity index (χ3n) is 2.69. The number of aliphatic imine (C=N–C) groups is 1. The summed E-state index contributed by atoms with van der Waals surface area (Å²) in [5, 5.41) is 5.74. The first-order chi connectivity index (χ1) is 10.2. The zero-order valence-corrected chi connectivity index (χ0v) is 13.6. The lowest BCUT2D eigenvalue weighted by atomic mass is 10.1. The van der Waals surface area contributed by atoms with Gasteiger partial charge in [-0.3, -0.25) is 0 Å². The topological polar surface area (TPSA) is 37.2 Å². The van der Waals surface area contributed by atoms with Crippen LogP contribution in [0.1, 0.15) is 26.3 Å². The van der Waals surface area contributed by atoms with Crippen LogP contribution >= 0.6 is 11.6 Å². The number of benzene rings is 1. The molecule has 1 heterocycles. The van der Waals surface area contributed by atoms with Crippen molar-refractivity contribution in [3.05, 3.63) is 53.0 Å². The van der Waals surface area contributed by atoms with E-state index >= 15 is 0 Å². The summed E-state index contributed by atoms with van der Waals surface area (Å²) in [5.41, 5.74) is 1.61. The van der Waals surface area contributed by atoms with Gasteiger partial charge < -0.3 is 4.74 Å². The van der Waals surface area contributed by atoms with E-state index in [4.69, 9.17) is 16.3 Å². The molecular formula is C16H20ClN3O. The molecule has 0 atom stereocenters. The average molecular weight is 306 g/mol. The van der Waals surface area contributed by atoms with Gasteiger partial charge >= 0.3 is 0 Å². The summed E-state index contributed by atoms with van der Waals surface area (Å²) >= 11 is 6.19. The van der Waals surface area contributed by atoms with E-state index in [0.717, 1.165) is 17.0 Å². The van der Waals surface area contributed by atoms with E-state index in [1.165, 1.54) is 5.01 Å². The van der Waals surface area contributed by atoms with Crippen molar-refractivity contribution >= 4 is 24.0 Å². The summed E-state index contributed by atoms with van der Waals surface area (Å²) in [6.45, 7) is 9.35. The van der Waals surface area contributed by atoms with Crippen LogP contribution < -0.4 is 4.74 Å². The summed E-state index contributed by atoms with van der Waals surface area (Å²) in [5.74, 6) is 1.38. The third kappa shape index (κ3) is 3.73. The highest BCUT2D eigenvalue weighted by Crippen LogP contribution is 2.28. The largest absolute Gasteiger partial charge is 0.496 e. The lowest BCUT2D eigenvalue weighted by molar-refractivity contribution is 0.414. The van der Waals surface area contributed by atoms with Crippen molar-refractivity contribution in [2.45, 2.75) is 20.8 Å². The number of allylic oxidation sites excluding steroid dienone is 2. The maximum Gasteiger partial charge on any atom is 0.151 e. The maximum absolute atomic E-state index is 6.19. The van der Waals surface area contributed by atoms with Crippen molar-refractivity contribution in [3.8, 4) is 5.75 Å². The van der Waals surface area contributed by atoms with Crippen LogP contribution in [0.3, 0.4) is 0 Å². The number of ether oxygens (including phenoxy) is 1. The molecule has 1 aromatic carbocycles. The Bertz CT molecular complexity index is 591. The van der Waals surface area contributed by atoms with Crippen molar-refractivity contribution in [3.63, 3.8) is 0 Å². The molecule has 1 aliphatic heterocycles. The Morgan fingerprint density at radius 3 is 2.57 bits per heavy atom. The molecule has 1 aliphatic rings. The molecule has 0 saturated heterocycles. The van der Waals surface area contributed by atoms with Gasteiger partial charge in [0.2, 0.25) is 0 Å². The second-order valence-electron chi connectivity index (χ2n) is 3.76. The van der Waals surface area contributed by atoms with Crippen LogP contribution in [0.15, 0.2) is 57.5 Å². The second kappa shape index (κ2) is 8.27. The maximum atomic E-state index is 6.19. The number of methoxy groups -OCH3 is 1. The Kier molecular flexibility index (Phi) is 6.69. The normalized spacial score (nSPS) is 15.7. The summed E-state index contributed by atoms with van der Waals surface area (Å²) in [7, 11) is 1.63. The Hall–Kier alpha value is -2.07. The lowest BCUT2D eigenvalue weighted by Gasteiger charge is -2.22. The SMILES string of the molecule is C=NN1C(Cl)=CC(c2ccccc2OC)=N/C1=C/C.CC. The molecule has 0 aliphatic carbocycles. The molecule has 112 valence electrons. The minimum Gasteiger partial charge on any atom is -0.496 e. The highest BCUT2D eigenvalue weighted by molar-refractivity contribution is 6.32. The highest BCUT2D eigenvalue weighted by Gasteiger charge is 2.19. The third-order valence-corrected chi connectivity index (χ3v) is 2.96. The summed E-state index contributed by atoms with van der Waals surface area (Å²) < 4.78 is 5.33. The fourth-order valence-corrected chi connectivity index (χ4v) is 2.05. The van der Waals surface area contributed by atoms with Gasteiger partial charge in [0.1, 0.15) is 10.9 Å². The number of hydrogen-bond acceptors (Lipinski definition) is 4. The molecule has 0 saturated carbocycles. The van der Waals surface area contributed by atoms with E-state index in [9.17, 15) is 0 Å². The Labute approximate surface area is 131 Å². The molecule has 1 aromatic rings. The van der Waals surface area contributed by atoms with E-state index in [2.05, 4.69) is 16.8 Å². The van der Waals surface area contributed by atoms with Gasteiger partial charge in [-0.05, 0) is 25.1 Å². The van der Waals surface area contributed by atoms with Crippen LogP contribution in [0.25, 0.3) is 0 Å². The number of rotatable bonds is 3. The van der Waals surface area contributed by atoms with Crippen molar-refractivity contribution in [2.75, 3.05) is 7.11 Å². The lowest BCUT2D eigenvalue weighted by Crippen LogP contribution is -2.19. The molecule has 0 unspecified atom stereocenters. The molecule has 5 heteroatoms. The molecule has 21 heavy (non-hydrogen) atoms. The van der Waals surface area contributed by atoms with Gasteiger partial charge in [0.05, 0.1) is 12.8 Å². The molecule has 0 radical (unpaired) electrons. The standard InChI is InChI=1S/C14H14ClN3O.C2H6/c1-4-14-17-11(9-13(15)18(14)16-2)10-7-5-6-8-12(10)19-3;1-2/h4-9H,2H2,1,3H3;1-2H3/b14-4-;. The zero-order chi connectivity index (χ0) is 15.8. The molecule has 0 aromatic heterocycles. The summed E-state index contributed by atoms with van der Waals surface area (Å²) in [4.78, 5) is 4.51. The molecule has 0 amide bonds. The fraction of sp³-hybridized carbons (Fsp3) is 0.250. The number of nitrogens with zero attached hydrogens (tertiary/aromatic N) is 3.